The van der Waals surface area contributed by atoms with E-state index in [1.54, 1.807) is 40.6 Å². The van der Waals surface area contributed by atoms with Gasteiger partial charge in [0.05, 0.1) is 23.9 Å². The molecule has 13 nitrogen and oxygen atoms in total. The number of hydrogen-bond acceptors (Lipinski definition) is 12. The number of anilines is 1. The highest BCUT2D eigenvalue weighted by molar-refractivity contribution is 6.39. The topological polar surface area (TPSA) is 154 Å². The summed E-state index contributed by atoms with van der Waals surface area (Å²) in [6, 6.07) is 2.90. The molecule has 3 aliphatic heterocycles. The summed E-state index contributed by atoms with van der Waals surface area (Å²) in [5.74, 6) is -6.32. The van der Waals surface area contributed by atoms with Gasteiger partial charge in [0, 0.05) is 77.7 Å². The van der Waals surface area contributed by atoms with Gasteiger partial charge >= 0.3 is 5.97 Å². The van der Waals surface area contributed by atoms with Crippen molar-refractivity contribution in [3.8, 4) is 0 Å². The van der Waals surface area contributed by atoms with E-state index in [4.69, 9.17) is 23.7 Å². The quantitative estimate of drug-likeness (QED) is 0.160. The van der Waals surface area contributed by atoms with Gasteiger partial charge in [-0.15, -0.1) is 0 Å². The monoisotopic (exact) mass is 866 g/mol. The number of cyclic esters (lactones) is 1. The second-order valence-corrected chi connectivity index (χ2v) is 18.9. The van der Waals surface area contributed by atoms with Crippen LogP contribution in [-0.4, -0.2) is 121 Å². The molecular weight excluding hydrogens is 791 g/mol. The number of carbonyl (C=O) groups excluding carboxylic acids is 4. The number of ketones is 2. The molecule has 1 aromatic heterocycles. The highest BCUT2D eigenvalue weighted by Crippen LogP contribution is 2.41. The van der Waals surface area contributed by atoms with Crippen LogP contribution < -0.4 is 4.90 Å². The molecule has 2 bridgehead atoms. The summed E-state index contributed by atoms with van der Waals surface area (Å²) in [6.07, 6.45) is 13.0. The summed E-state index contributed by atoms with van der Waals surface area (Å²) in [5.41, 5.74) is 2.42. The van der Waals surface area contributed by atoms with Crippen molar-refractivity contribution in [1.82, 2.24) is 9.88 Å². The number of nitrogens with zero attached hydrogens (tertiary/aromatic N) is 3. The summed E-state index contributed by atoms with van der Waals surface area (Å²) < 4.78 is 30.7. The minimum Gasteiger partial charge on any atom is -0.456 e. The largest absolute Gasteiger partial charge is 0.456 e. The second-order valence-electron chi connectivity index (χ2n) is 18.9. The molecule has 0 spiro atoms. The van der Waals surface area contributed by atoms with Gasteiger partial charge in [0.25, 0.3) is 11.7 Å². The van der Waals surface area contributed by atoms with Crippen molar-refractivity contribution in [3.63, 3.8) is 0 Å². The molecule has 1 saturated carbocycles. The van der Waals surface area contributed by atoms with Crippen LogP contribution in [-0.2, 0) is 42.9 Å². The Morgan fingerprint density at radius 1 is 0.984 bits per heavy atom. The lowest BCUT2D eigenvalue weighted by Crippen LogP contribution is -2.64. The Morgan fingerprint density at radius 3 is 2.34 bits per heavy atom. The van der Waals surface area contributed by atoms with Crippen LogP contribution in [0.1, 0.15) is 125 Å². The third-order valence-electron chi connectivity index (χ3n) is 14.4. The van der Waals surface area contributed by atoms with Gasteiger partial charge in [0.1, 0.15) is 24.0 Å². The fourth-order valence-electron chi connectivity index (χ4n) is 10.7. The van der Waals surface area contributed by atoms with Gasteiger partial charge in [-0.1, -0.05) is 45.4 Å². The van der Waals surface area contributed by atoms with Gasteiger partial charge in [-0.05, 0) is 114 Å². The molecule has 12 atom stereocenters. The molecule has 0 radical (unpaired) electrons. The summed E-state index contributed by atoms with van der Waals surface area (Å²) in [7, 11) is 6.94. The molecule has 62 heavy (non-hydrogen) atoms. The van der Waals surface area contributed by atoms with Crippen molar-refractivity contribution >= 4 is 29.1 Å². The van der Waals surface area contributed by atoms with Crippen LogP contribution in [0.15, 0.2) is 47.8 Å². The molecule has 12 unspecified atom stereocenters. The Balaban J connectivity index is 1.57. The first-order valence-corrected chi connectivity index (χ1v) is 23.1. The number of piperidine rings is 1. The van der Waals surface area contributed by atoms with Crippen molar-refractivity contribution in [1.29, 1.82) is 0 Å². The standard InChI is InChI=1S/C49H75N3O10/c1-11-36-26-31(2)25-32(3)27-41(59-9)44-42(60-10)28-35(6)49(57,62-44)45(54)46(55)52-24-13-12-16-39(52)47(56)61-43(33(4)17-18-40(36)53)34(5)29-48(21-14-15-38(30-48)58-8)51(7)37-19-22-50-23-20-37/h19-20,22-23,26,29,32-33,35-36,38-39,41-44,57H,11-18,21,24-25,27-28,30H2,1-10H3/b31-26+,34-29?. The second kappa shape index (κ2) is 21.9. The Labute approximate surface area is 370 Å². The number of pyridine rings is 1. The average Bonchev–Trinajstić information content (AvgIpc) is 3.27. The van der Waals surface area contributed by atoms with Crippen molar-refractivity contribution in [3.05, 3.63) is 47.8 Å². The van der Waals surface area contributed by atoms with E-state index in [0.29, 0.717) is 57.8 Å². The zero-order chi connectivity index (χ0) is 45.4. The maximum Gasteiger partial charge on any atom is 0.329 e. The van der Waals surface area contributed by atoms with Crippen LogP contribution in [0.25, 0.3) is 0 Å². The van der Waals surface area contributed by atoms with E-state index >= 15 is 0 Å². The fourth-order valence-corrected chi connectivity index (χ4v) is 10.7. The fraction of sp³-hybridized carbons (Fsp3) is 0.735. The Morgan fingerprint density at radius 2 is 1.68 bits per heavy atom. The molecule has 1 aliphatic carbocycles. The normalized spacial score (nSPS) is 37.4. The molecule has 4 heterocycles. The molecule has 1 amide bonds. The van der Waals surface area contributed by atoms with Gasteiger partial charge in [-0.3, -0.25) is 19.4 Å². The van der Waals surface area contributed by atoms with Crippen LogP contribution in [0.5, 0.6) is 0 Å². The SMILES string of the molecule is CCC1/C=C(\C)CC(C)CC(OC)C2OC(O)(C(=O)C(=O)N3CCCCC3C(=O)OC(C(C)=CC3(N(C)c4ccncc4)CCCC(OC)C3)C(C)CCC1=O)C(C)CC2OC. The number of aromatic nitrogens is 1. The molecule has 1 N–H and O–H groups in total. The number of hydrogen-bond donors (Lipinski definition) is 1. The molecular formula is C49H75N3O10. The minimum atomic E-state index is -2.47. The zero-order valence-electron chi connectivity index (χ0n) is 39.1. The maximum atomic E-state index is 14.7. The molecule has 0 aromatic carbocycles. The number of rotatable bonds is 8. The summed E-state index contributed by atoms with van der Waals surface area (Å²) in [5, 5.41) is 12.2. The van der Waals surface area contributed by atoms with Crippen molar-refractivity contribution in [2.24, 2.45) is 23.7 Å². The highest BCUT2D eigenvalue weighted by atomic mass is 16.7. The summed E-state index contributed by atoms with van der Waals surface area (Å²) in [4.78, 5) is 65.3. The molecule has 13 heteroatoms. The first-order chi connectivity index (χ1) is 29.5. The highest BCUT2D eigenvalue weighted by Gasteiger charge is 2.56. The first-order valence-electron chi connectivity index (χ1n) is 23.1. The predicted molar refractivity (Wildman–Crippen MR) is 237 cm³/mol. The number of likely N-dealkylation sites (N-methyl/N-ethyl adjacent to an activating group) is 1. The smallest absolute Gasteiger partial charge is 0.329 e. The number of aliphatic hydroxyl groups is 1. The number of allylic oxidation sites excluding steroid dienone is 2. The van der Waals surface area contributed by atoms with Gasteiger partial charge in [-0.2, -0.15) is 0 Å². The minimum absolute atomic E-state index is 0.0179. The lowest BCUT2D eigenvalue weighted by molar-refractivity contribution is -0.302. The van der Waals surface area contributed by atoms with Crippen LogP contribution in [0.4, 0.5) is 5.69 Å². The molecule has 5 rings (SSSR count). The van der Waals surface area contributed by atoms with E-state index < -0.39 is 65.4 Å². The predicted octanol–water partition coefficient (Wildman–Crippen LogP) is 7.19. The number of fused-ring (bicyclic) bond motifs is 3. The lowest BCUT2D eigenvalue weighted by Gasteiger charge is -2.47. The van der Waals surface area contributed by atoms with E-state index in [1.807, 2.05) is 39.8 Å². The number of methoxy groups -OCH3 is 3. The molecule has 4 aliphatic rings. The number of esters is 1. The van der Waals surface area contributed by atoms with Crippen molar-refractivity contribution in [2.75, 3.05) is 39.8 Å². The molecule has 346 valence electrons. The van der Waals surface area contributed by atoms with Gasteiger partial charge in [0.15, 0.2) is 0 Å². The van der Waals surface area contributed by atoms with E-state index in [-0.39, 0.29) is 42.6 Å². The molecule has 2 saturated heterocycles. The lowest BCUT2D eigenvalue weighted by atomic mass is 9.76. The van der Waals surface area contributed by atoms with E-state index in [1.165, 1.54) is 4.90 Å². The first kappa shape index (κ1) is 49.5. The Hall–Kier alpha value is -3.49. The average molecular weight is 866 g/mol. The summed E-state index contributed by atoms with van der Waals surface area (Å²) in [6.45, 7) is 12.0. The third kappa shape index (κ3) is 11.2. The van der Waals surface area contributed by atoms with Crippen LogP contribution in [0.3, 0.4) is 0 Å². The van der Waals surface area contributed by atoms with Crippen molar-refractivity contribution < 1.29 is 48.0 Å². The van der Waals surface area contributed by atoms with E-state index in [9.17, 15) is 24.3 Å². The number of carbonyl (C=O) groups is 4. The van der Waals surface area contributed by atoms with Crippen LogP contribution in [0, 0.1) is 23.7 Å². The van der Waals surface area contributed by atoms with E-state index in [0.717, 1.165) is 36.1 Å². The maximum absolute atomic E-state index is 14.7. The Bertz CT molecular complexity index is 1750. The van der Waals surface area contributed by atoms with Gasteiger partial charge < -0.3 is 38.6 Å². The number of amides is 1. The molecule has 3 fully saturated rings. The Kier molecular flexibility index (Phi) is 17.5. The third-order valence-corrected chi connectivity index (χ3v) is 14.4. The van der Waals surface area contributed by atoms with E-state index in [2.05, 4.69) is 36.0 Å². The summed E-state index contributed by atoms with van der Waals surface area (Å²) >= 11 is 0. The molecule has 1 aromatic rings. The van der Waals surface area contributed by atoms with Crippen LogP contribution >= 0.6 is 0 Å². The van der Waals surface area contributed by atoms with Gasteiger partial charge in [0.2, 0.25) is 5.79 Å². The number of ether oxygens (including phenoxy) is 5. The van der Waals surface area contributed by atoms with Crippen molar-refractivity contribution in [2.45, 2.75) is 173 Å². The number of Topliss-reactive ketones (excluding diaryl/α,β-unsaturated/α-hetero) is 2. The van der Waals surface area contributed by atoms with Crippen LogP contribution in [0.2, 0.25) is 0 Å². The van der Waals surface area contributed by atoms with Gasteiger partial charge in [-0.25, -0.2) is 4.79 Å². The zero-order valence-corrected chi connectivity index (χ0v) is 39.1.